The van der Waals surface area contributed by atoms with Crippen LogP contribution in [0, 0.1) is 11.8 Å². The fourth-order valence-electron chi connectivity index (χ4n) is 2.26. The van der Waals surface area contributed by atoms with Crippen molar-refractivity contribution in [2.75, 3.05) is 7.11 Å². The third kappa shape index (κ3) is 3.65. The lowest BCUT2D eigenvalue weighted by atomic mass is 9.98. The van der Waals surface area contributed by atoms with Gasteiger partial charge in [-0.3, -0.25) is 9.59 Å². The summed E-state index contributed by atoms with van der Waals surface area (Å²) in [4.78, 5) is 22.4. The van der Waals surface area contributed by atoms with E-state index in [0.29, 0.717) is 24.5 Å². The van der Waals surface area contributed by atoms with E-state index < -0.39 is 0 Å². The van der Waals surface area contributed by atoms with Gasteiger partial charge in [-0.15, -0.1) is 0 Å². The molecule has 0 N–H and O–H groups in total. The lowest BCUT2D eigenvalue weighted by Gasteiger charge is -2.09. The van der Waals surface area contributed by atoms with Crippen LogP contribution in [0.1, 0.15) is 45.4 Å². The Morgan fingerprint density at radius 2 is 2.07 bits per heavy atom. The van der Waals surface area contributed by atoms with Gasteiger partial charge in [0.05, 0.1) is 13.0 Å². The van der Waals surface area contributed by atoms with E-state index in [4.69, 9.17) is 4.74 Å². The predicted molar refractivity (Wildman–Crippen MR) is 57.4 cm³/mol. The molecule has 2 atom stereocenters. The number of carbonyl (C=O) groups excluding carboxylic acids is 2. The molecule has 0 heterocycles. The average molecular weight is 212 g/mol. The molecule has 2 unspecified atom stereocenters. The summed E-state index contributed by atoms with van der Waals surface area (Å²) in [5, 5.41) is 0. The van der Waals surface area contributed by atoms with Crippen LogP contribution >= 0.6 is 0 Å². The Morgan fingerprint density at radius 1 is 1.33 bits per heavy atom. The molecular weight excluding hydrogens is 192 g/mol. The number of carbonyl (C=O) groups is 2. The summed E-state index contributed by atoms with van der Waals surface area (Å²) in [6.07, 6.45) is 5.15. The van der Waals surface area contributed by atoms with Crippen LogP contribution in [0.2, 0.25) is 0 Å². The van der Waals surface area contributed by atoms with Gasteiger partial charge in [0.2, 0.25) is 0 Å². The topological polar surface area (TPSA) is 43.4 Å². The molecule has 0 amide bonds. The first-order chi connectivity index (χ1) is 7.17. The third-order valence-corrected chi connectivity index (χ3v) is 3.30. The van der Waals surface area contributed by atoms with Crippen molar-refractivity contribution in [3.8, 4) is 0 Å². The normalized spacial score (nSPS) is 25.2. The number of hydrogen-bond acceptors (Lipinski definition) is 3. The maximum Gasteiger partial charge on any atom is 0.308 e. The van der Waals surface area contributed by atoms with E-state index in [1.807, 2.05) is 6.92 Å². The Hall–Kier alpha value is -0.860. The van der Waals surface area contributed by atoms with Crippen molar-refractivity contribution in [2.24, 2.45) is 11.8 Å². The second-order valence-electron chi connectivity index (χ2n) is 4.33. The van der Waals surface area contributed by atoms with E-state index in [-0.39, 0.29) is 11.9 Å². The van der Waals surface area contributed by atoms with Crippen LogP contribution in [-0.2, 0) is 14.3 Å². The first kappa shape index (κ1) is 12.2. The van der Waals surface area contributed by atoms with Gasteiger partial charge < -0.3 is 4.74 Å². The van der Waals surface area contributed by atoms with Gasteiger partial charge in [-0.2, -0.15) is 0 Å². The lowest BCUT2D eigenvalue weighted by molar-refractivity contribution is -0.145. The molecule has 1 rings (SSSR count). The maximum absolute atomic E-state index is 11.3. The highest BCUT2D eigenvalue weighted by Gasteiger charge is 2.30. The summed E-state index contributed by atoms with van der Waals surface area (Å²) in [6.45, 7) is 1.90. The molecule has 0 aromatic carbocycles. The minimum absolute atomic E-state index is 0.0803. The molecule has 15 heavy (non-hydrogen) atoms. The van der Waals surface area contributed by atoms with Crippen molar-refractivity contribution in [2.45, 2.75) is 45.4 Å². The van der Waals surface area contributed by atoms with E-state index in [1.165, 1.54) is 7.11 Å². The second-order valence-corrected chi connectivity index (χ2v) is 4.33. The van der Waals surface area contributed by atoms with Gasteiger partial charge in [0, 0.05) is 12.8 Å². The standard InChI is InChI=1S/C12H20O3/c1-3-11(13)7-5-9-4-6-10(8-9)12(14)15-2/h9-10H,3-8H2,1-2H3. The van der Waals surface area contributed by atoms with Crippen LogP contribution in [0.4, 0.5) is 0 Å². The van der Waals surface area contributed by atoms with Gasteiger partial charge in [-0.25, -0.2) is 0 Å². The SMILES string of the molecule is CCC(=O)CCC1CCC(C(=O)OC)C1. The number of esters is 1. The quantitative estimate of drug-likeness (QED) is 0.657. The summed E-state index contributed by atoms with van der Waals surface area (Å²) < 4.78 is 4.72. The number of ketones is 1. The van der Waals surface area contributed by atoms with Crippen molar-refractivity contribution in [1.29, 1.82) is 0 Å². The molecule has 1 saturated carbocycles. The monoisotopic (exact) mass is 212 g/mol. The molecule has 1 aliphatic carbocycles. The lowest BCUT2D eigenvalue weighted by Crippen LogP contribution is -2.13. The Morgan fingerprint density at radius 3 is 2.67 bits per heavy atom. The summed E-state index contributed by atoms with van der Waals surface area (Å²) in [7, 11) is 1.44. The number of rotatable bonds is 5. The van der Waals surface area contributed by atoms with Crippen molar-refractivity contribution in [3.63, 3.8) is 0 Å². The van der Waals surface area contributed by atoms with Crippen LogP contribution in [-0.4, -0.2) is 18.9 Å². The Kier molecular flexibility index (Phi) is 4.79. The average Bonchev–Trinajstić information content (AvgIpc) is 2.73. The molecule has 0 bridgehead atoms. The van der Waals surface area contributed by atoms with Gasteiger partial charge in [-0.05, 0) is 31.6 Å². The van der Waals surface area contributed by atoms with Crippen molar-refractivity contribution in [1.82, 2.24) is 0 Å². The summed E-state index contributed by atoms with van der Waals surface area (Å²) in [5.74, 6) is 0.872. The van der Waals surface area contributed by atoms with Crippen molar-refractivity contribution < 1.29 is 14.3 Å². The Balaban J connectivity index is 2.24. The van der Waals surface area contributed by atoms with Gasteiger partial charge >= 0.3 is 5.97 Å². The molecule has 1 fully saturated rings. The van der Waals surface area contributed by atoms with Crippen molar-refractivity contribution in [3.05, 3.63) is 0 Å². The van der Waals surface area contributed by atoms with E-state index in [1.54, 1.807) is 0 Å². The second kappa shape index (κ2) is 5.89. The van der Waals surface area contributed by atoms with E-state index >= 15 is 0 Å². The molecule has 0 aliphatic heterocycles. The van der Waals surface area contributed by atoms with E-state index in [2.05, 4.69) is 0 Å². The minimum atomic E-state index is -0.0840. The Labute approximate surface area is 91.2 Å². The summed E-state index contributed by atoms with van der Waals surface area (Å²) in [6, 6.07) is 0. The summed E-state index contributed by atoms with van der Waals surface area (Å²) in [5.41, 5.74) is 0. The van der Waals surface area contributed by atoms with Crippen molar-refractivity contribution >= 4 is 11.8 Å². The first-order valence-corrected chi connectivity index (χ1v) is 5.76. The molecular formula is C12H20O3. The zero-order valence-corrected chi connectivity index (χ0v) is 9.62. The fraction of sp³-hybridized carbons (Fsp3) is 0.833. The highest BCUT2D eigenvalue weighted by molar-refractivity contribution is 5.78. The number of Topliss-reactive ketones (excluding diaryl/α,β-unsaturated/α-hetero) is 1. The highest BCUT2D eigenvalue weighted by atomic mass is 16.5. The molecule has 1 aliphatic rings. The largest absolute Gasteiger partial charge is 0.469 e. The molecule has 86 valence electrons. The van der Waals surface area contributed by atoms with E-state index in [9.17, 15) is 9.59 Å². The molecule has 3 nitrogen and oxygen atoms in total. The number of methoxy groups -OCH3 is 1. The molecule has 0 saturated heterocycles. The molecule has 0 spiro atoms. The van der Waals surface area contributed by atoms with Crippen LogP contribution < -0.4 is 0 Å². The molecule has 0 aromatic rings. The fourth-order valence-corrected chi connectivity index (χ4v) is 2.26. The molecule has 0 aromatic heterocycles. The maximum atomic E-state index is 11.3. The van der Waals surface area contributed by atoms with Crippen LogP contribution in [0.3, 0.4) is 0 Å². The minimum Gasteiger partial charge on any atom is -0.469 e. The number of hydrogen-bond donors (Lipinski definition) is 0. The first-order valence-electron chi connectivity index (χ1n) is 5.76. The predicted octanol–water partition coefficient (Wildman–Crippen LogP) is 2.33. The van der Waals surface area contributed by atoms with Crippen LogP contribution in [0.15, 0.2) is 0 Å². The molecule has 3 heteroatoms. The zero-order chi connectivity index (χ0) is 11.3. The third-order valence-electron chi connectivity index (χ3n) is 3.30. The molecule has 0 radical (unpaired) electrons. The van der Waals surface area contributed by atoms with Gasteiger partial charge in [0.15, 0.2) is 0 Å². The van der Waals surface area contributed by atoms with Crippen LogP contribution in [0.5, 0.6) is 0 Å². The zero-order valence-electron chi connectivity index (χ0n) is 9.62. The summed E-state index contributed by atoms with van der Waals surface area (Å²) >= 11 is 0. The van der Waals surface area contributed by atoms with Crippen LogP contribution in [0.25, 0.3) is 0 Å². The highest BCUT2D eigenvalue weighted by Crippen LogP contribution is 2.34. The van der Waals surface area contributed by atoms with Gasteiger partial charge in [0.25, 0.3) is 0 Å². The van der Waals surface area contributed by atoms with E-state index in [0.717, 1.165) is 25.7 Å². The van der Waals surface area contributed by atoms with Gasteiger partial charge in [-0.1, -0.05) is 6.92 Å². The smallest absolute Gasteiger partial charge is 0.308 e. The Bertz CT molecular complexity index is 235. The van der Waals surface area contributed by atoms with Gasteiger partial charge in [0.1, 0.15) is 5.78 Å². The number of ether oxygens (including phenoxy) is 1.